The van der Waals surface area contributed by atoms with Crippen molar-refractivity contribution in [2.24, 2.45) is 5.92 Å². The van der Waals surface area contributed by atoms with E-state index in [1.807, 2.05) is 12.4 Å². The van der Waals surface area contributed by atoms with Crippen LogP contribution in [0.4, 0.5) is 0 Å². The Balaban J connectivity index is 2.17. The van der Waals surface area contributed by atoms with E-state index in [2.05, 4.69) is 66.6 Å². The highest BCUT2D eigenvalue weighted by atomic mass is 14.9. The molecule has 1 heterocycles. The quantitative estimate of drug-likeness (QED) is 0.814. The Labute approximate surface area is 122 Å². The lowest BCUT2D eigenvalue weighted by atomic mass is 9.97. The molecule has 2 heteroatoms. The van der Waals surface area contributed by atoms with Crippen LogP contribution in [0.25, 0.3) is 0 Å². The number of hydrogen-bond acceptors (Lipinski definition) is 2. The molecule has 0 bridgehead atoms. The first kappa shape index (κ1) is 14.7. The monoisotopic (exact) mass is 268 g/mol. The molecule has 1 unspecified atom stereocenters. The smallest absolute Gasteiger partial charge is 0.0577 e. The number of hydrogen-bond donors (Lipinski definition) is 1. The van der Waals surface area contributed by atoms with Crippen molar-refractivity contribution in [3.8, 4) is 0 Å². The van der Waals surface area contributed by atoms with E-state index in [4.69, 9.17) is 0 Å². The van der Waals surface area contributed by atoms with Crippen molar-refractivity contribution in [3.05, 3.63) is 66.0 Å². The summed E-state index contributed by atoms with van der Waals surface area (Å²) in [5, 5.41) is 3.73. The van der Waals surface area contributed by atoms with Crippen molar-refractivity contribution in [2.75, 3.05) is 6.54 Å². The molecule has 0 radical (unpaired) electrons. The maximum atomic E-state index is 4.12. The van der Waals surface area contributed by atoms with Crippen LogP contribution in [-0.4, -0.2) is 11.5 Å². The molecule has 0 fully saturated rings. The SMILES string of the molecule is CCC(CC)CNC(c1ccccc1)c1ccncc1. The third-order valence-corrected chi connectivity index (χ3v) is 3.94. The van der Waals surface area contributed by atoms with Gasteiger partial charge in [0, 0.05) is 12.4 Å². The van der Waals surface area contributed by atoms with E-state index < -0.39 is 0 Å². The Morgan fingerprint density at radius 3 is 2.10 bits per heavy atom. The third kappa shape index (κ3) is 3.91. The Morgan fingerprint density at radius 2 is 1.50 bits per heavy atom. The molecule has 2 nitrogen and oxygen atoms in total. The van der Waals surface area contributed by atoms with E-state index in [9.17, 15) is 0 Å². The van der Waals surface area contributed by atoms with Gasteiger partial charge in [0.25, 0.3) is 0 Å². The Bertz CT molecular complexity index is 438. The van der Waals surface area contributed by atoms with Crippen LogP contribution >= 0.6 is 0 Å². The number of pyridine rings is 1. The van der Waals surface area contributed by atoms with Crippen molar-refractivity contribution in [2.45, 2.75) is 32.7 Å². The molecule has 0 aliphatic carbocycles. The van der Waals surface area contributed by atoms with Gasteiger partial charge in [-0.3, -0.25) is 4.98 Å². The zero-order chi connectivity index (χ0) is 14.2. The lowest BCUT2D eigenvalue weighted by Crippen LogP contribution is -2.27. The molecule has 106 valence electrons. The van der Waals surface area contributed by atoms with Crippen molar-refractivity contribution < 1.29 is 0 Å². The number of aromatic nitrogens is 1. The van der Waals surface area contributed by atoms with Gasteiger partial charge in [-0.05, 0) is 35.7 Å². The second-order valence-electron chi connectivity index (χ2n) is 5.22. The summed E-state index contributed by atoms with van der Waals surface area (Å²) in [4.78, 5) is 4.12. The molecular weight excluding hydrogens is 244 g/mol. The van der Waals surface area contributed by atoms with E-state index >= 15 is 0 Å². The van der Waals surface area contributed by atoms with Crippen LogP contribution in [0.15, 0.2) is 54.9 Å². The van der Waals surface area contributed by atoms with Crippen LogP contribution in [0, 0.1) is 5.92 Å². The van der Waals surface area contributed by atoms with E-state index in [1.54, 1.807) is 0 Å². The first-order chi connectivity index (χ1) is 9.85. The first-order valence-electron chi connectivity index (χ1n) is 7.53. The Hall–Kier alpha value is -1.67. The van der Waals surface area contributed by atoms with Crippen LogP contribution < -0.4 is 5.32 Å². The van der Waals surface area contributed by atoms with Gasteiger partial charge >= 0.3 is 0 Å². The van der Waals surface area contributed by atoms with Crippen LogP contribution in [-0.2, 0) is 0 Å². The lowest BCUT2D eigenvalue weighted by Gasteiger charge is -2.22. The topological polar surface area (TPSA) is 24.9 Å². The highest BCUT2D eigenvalue weighted by Crippen LogP contribution is 2.22. The summed E-state index contributed by atoms with van der Waals surface area (Å²) in [6, 6.07) is 15.1. The van der Waals surface area contributed by atoms with E-state index in [1.165, 1.54) is 24.0 Å². The predicted octanol–water partition coefficient (Wildman–Crippen LogP) is 4.20. The highest BCUT2D eigenvalue weighted by molar-refractivity contribution is 5.30. The normalized spacial score (nSPS) is 12.6. The highest BCUT2D eigenvalue weighted by Gasteiger charge is 2.14. The summed E-state index contributed by atoms with van der Waals surface area (Å²) in [7, 11) is 0. The maximum Gasteiger partial charge on any atom is 0.0577 e. The number of nitrogens with one attached hydrogen (secondary N) is 1. The van der Waals surface area contributed by atoms with E-state index in [0.29, 0.717) is 0 Å². The van der Waals surface area contributed by atoms with E-state index in [-0.39, 0.29) is 6.04 Å². The van der Waals surface area contributed by atoms with Crippen molar-refractivity contribution in [1.82, 2.24) is 10.3 Å². The molecule has 1 aromatic carbocycles. The summed E-state index contributed by atoms with van der Waals surface area (Å²) >= 11 is 0. The minimum Gasteiger partial charge on any atom is -0.306 e. The van der Waals surface area contributed by atoms with Crippen molar-refractivity contribution >= 4 is 0 Å². The fourth-order valence-corrected chi connectivity index (χ4v) is 2.49. The molecule has 2 rings (SSSR count). The standard InChI is InChI=1S/C18H24N2/c1-3-15(4-2)14-20-18(16-8-6-5-7-9-16)17-10-12-19-13-11-17/h5-13,15,18,20H,3-4,14H2,1-2H3. The van der Waals surface area contributed by atoms with Crippen molar-refractivity contribution in [1.29, 1.82) is 0 Å². The molecule has 1 aromatic heterocycles. The van der Waals surface area contributed by atoms with Gasteiger partial charge in [-0.2, -0.15) is 0 Å². The third-order valence-electron chi connectivity index (χ3n) is 3.94. The summed E-state index contributed by atoms with van der Waals surface area (Å²) in [6.45, 7) is 5.58. The number of rotatable bonds is 7. The number of benzene rings is 1. The van der Waals surface area contributed by atoms with Crippen LogP contribution in [0.5, 0.6) is 0 Å². The van der Waals surface area contributed by atoms with Crippen molar-refractivity contribution in [3.63, 3.8) is 0 Å². The maximum absolute atomic E-state index is 4.12. The van der Waals surface area contributed by atoms with E-state index in [0.717, 1.165) is 12.5 Å². The molecule has 2 aromatic rings. The second kappa shape index (κ2) is 7.81. The van der Waals surface area contributed by atoms with Gasteiger partial charge in [0.05, 0.1) is 6.04 Å². The fraction of sp³-hybridized carbons (Fsp3) is 0.389. The molecule has 0 saturated carbocycles. The molecule has 20 heavy (non-hydrogen) atoms. The van der Waals surface area contributed by atoms with Gasteiger partial charge < -0.3 is 5.32 Å². The lowest BCUT2D eigenvalue weighted by molar-refractivity contribution is 0.431. The summed E-state index contributed by atoms with van der Waals surface area (Å²) in [5.74, 6) is 0.739. The number of nitrogens with zero attached hydrogens (tertiary/aromatic N) is 1. The van der Waals surface area contributed by atoms with Crippen LogP contribution in [0.1, 0.15) is 43.9 Å². The van der Waals surface area contributed by atoms with Gasteiger partial charge in [0.2, 0.25) is 0 Å². The zero-order valence-electron chi connectivity index (χ0n) is 12.4. The first-order valence-corrected chi connectivity index (χ1v) is 7.53. The molecule has 0 saturated heterocycles. The molecular formula is C18H24N2. The summed E-state index contributed by atoms with van der Waals surface area (Å²) in [5.41, 5.74) is 2.59. The minimum absolute atomic E-state index is 0.250. The second-order valence-corrected chi connectivity index (χ2v) is 5.22. The average Bonchev–Trinajstić information content (AvgIpc) is 2.53. The summed E-state index contributed by atoms with van der Waals surface area (Å²) < 4.78 is 0. The largest absolute Gasteiger partial charge is 0.306 e. The molecule has 0 aliphatic heterocycles. The summed E-state index contributed by atoms with van der Waals surface area (Å²) in [6.07, 6.45) is 6.18. The predicted molar refractivity (Wildman–Crippen MR) is 84.6 cm³/mol. The van der Waals surface area contributed by atoms with Gasteiger partial charge in [0.1, 0.15) is 0 Å². The molecule has 1 atom stereocenters. The van der Waals surface area contributed by atoms with Gasteiger partial charge in [0.15, 0.2) is 0 Å². The Kier molecular flexibility index (Phi) is 5.75. The van der Waals surface area contributed by atoms with Crippen LogP contribution in [0.2, 0.25) is 0 Å². The van der Waals surface area contributed by atoms with Gasteiger partial charge in [-0.25, -0.2) is 0 Å². The van der Waals surface area contributed by atoms with Gasteiger partial charge in [-0.15, -0.1) is 0 Å². The molecule has 0 aliphatic rings. The minimum atomic E-state index is 0.250. The van der Waals surface area contributed by atoms with Gasteiger partial charge in [-0.1, -0.05) is 57.0 Å². The van der Waals surface area contributed by atoms with Crippen LogP contribution in [0.3, 0.4) is 0 Å². The molecule has 0 spiro atoms. The molecule has 1 N–H and O–H groups in total. The fourth-order valence-electron chi connectivity index (χ4n) is 2.49. The molecule has 0 amide bonds. The average molecular weight is 268 g/mol. The zero-order valence-corrected chi connectivity index (χ0v) is 12.4. The Morgan fingerprint density at radius 1 is 0.900 bits per heavy atom.